The molecule has 0 saturated heterocycles. The van der Waals surface area contributed by atoms with E-state index in [0.717, 1.165) is 29.5 Å². The van der Waals surface area contributed by atoms with Crippen LogP contribution in [0.5, 0.6) is 11.6 Å². The van der Waals surface area contributed by atoms with Crippen molar-refractivity contribution >= 4 is 5.82 Å². The Hall–Kier alpha value is -2.10. The first-order chi connectivity index (χ1) is 10.2. The summed E-state index contributed by atoms with van der Waals surface area (Å²) < 4.78 is 6.00. The van der Waals surface area contributed by atoms with Crippen LogP contribution >= 0.6 is 0 Å². The maximum atomic E-state index is 6.00. The first-order valence-corrected chi connectivity index (χ1v) is 7.53. The zero-order chi connectivity index (χ0) is 14.8. The van der Waals surface area contributed by atoms with Gasteiger partial charge in [0.05, 0.1) is 0 Å². The molecular formula is C17H21N3O. The zero-order valence-electron chi connectivity index (χ0n) is 12.8. The number of hydrogen-bond donors (Lipinski definition) is 1. The Morgan fingerprint density at radius 3 is 2.71 bits per heavy atom. The third kappa shape index (κ3) is 3.32. The Morgan fingerprint density at radius 1 is 1.19 bits per heavy atom. The molecule has 0 aliphatic heterocycles. The number of ether oxygens (including phenoxy) is 1. The van der Waals surface area contributed by atoms with Crippen LogP contribution in [0.2, 0.25) is 0 Å². The topological polar surface area (TPSA) is 47.0 Å². The highest BCUT2D eigenvalue weighted by Gasteiger charge is 2.27. The maximum absolute atomic E-state index is 6.00. The molecule has 0 unspecified atom stereocenters. The normalized spacial score (nSPS) is 14.0. The summed E-state index contributed by atoms with van der Waals surface area (Å²) in [6.07, 6.45) is 2.36. The van der Waals surface area contributed by atoms with Crippen molar-refractivity contribution in [3.63, 3.8) is 0 Å². The average molecular weight is 283 g/mol. The maximum Gasteiger partial charge on any atom is 0.224 e. The summed E-state index contributed by atoms with van der Waals surface area (Å²) in [5, 5.41) is 3.25. The summed E-state index contributed by atoms with van der Waals surface area (Å²) in [7, 11) is 0. The minimum absolute atomic E-state index is 0.504. The van der Waals surface area contributed by atoms with Crippen LogP contribution in [-0.2, 0) is 0 Å². The number of nitrogens with zero attached hydrogens (tertiary/aromatic N) is 2. The molecule has 0 radical (unpaired) electrons. The largest absolute Gasteiger partial charge is 0.439 e. The second-order valence-electron chi connectivity index (χ2n) is 5.63. The van der Waals surface area contributed by atoms with Crippen molar-refractivity contribution in [3.8, 4) is 11.6 Å². The number of aromatic nitrogens is 2. The van der Waals surface area contributed by atoms with Crippen molar-refractivity contribution in [2.75, 3.05) is 11.9 Å². The standard InChI is InChI=1S/C17H21N3O/c1-4-18-15-10-16(20-17(19-15)13-7-8-13)21-14-9-11(2)5-6-12(14)3/h5-6,9-10,13H,4,7-8H2,1-3H3,(H,18,19,20). The molecule has 0 atom stereocenters. The second kappa shape index (κ2) is 5.72. The van der Waals surface area contributed by atoms with Crippen LogP contribution < -0.4 is 10.1 Å². The highest BCUT2D eigenvalue weighted by Crippen LogP contribution is 2.39. The molecule has 2 aromatic rings. The first kappa shape index (κ1) is 13.9. The van der Waals surface area contributed by atoms with Gasteiger partial charge in [0.15, 0.2) is 0 Å². The van der Waals surface area contributed by atoms with E-state index in [4.69, 9.17) is 4.74 Å². The molecule has 4 nitrogen and oxygen atoms in total. The third-order valence-corrected chi connectivity index (χ3v) is 3.58. The van der Waals surface area contributed by atoms with Crippen molar-refractivity contribution in [1.82, 2.24) is 9.97 Å². The van der Waals surface area contributed by atoms with E-state index in [0.29, 0.717) is 11.8 Å². The molecule has 0 amide bonds. The van der Waals surface area contributed by atoms with Crippen molar-refractivity contribution in [2.24, 2.45) is 0 Å². The van der Waals surface area contributed by atoms with Gasteiger partial charge in [-0.25, -0.2) is 4.98 Å². The minimum atomic E-state index is 0.504. The van der Waals surface area contributed by atoms with Gasteiger partial charge in [-0.2, -0.15) is 4.98 Å². The molecule has 1 N–H and O–H groups in total. The molecule has 1 aliphatic rings. The van der Waals surface area contributed by atoms with E-state index < -0.39 is 0 Å². The lowest BCUT2D eigenvalue weighted by atomic mass is 10.1. The van der Waals surface area contributed by atoms with Crippen LogP contribution in [0.4, 0.5) is 5.82 Å². The lowest BCUT2D eigenvalue weighted by molar-refractivity contribution is 0.455. The molecule has 21 heavy (non-hydrogen) atoms. The summed E-state index contributed by atoms with van der Waals surface area (Å²) in [6.45, 7) is 7.00. The van der Waals surface area contributed by atoms with Gasteiger partial charge in [-0.05, 0) is 50.8 Å². The van der Waals surface area contributed by atoms with E-state index in [1.807, 2.05) is 19.1 Å². The molecule has 1 aromatic carbocycles. The van der Waals surface area contributed by atoms with Crippen molar-refractivity contribution < 1.29 is 4.74 Å². The van der Waals surface area contributed by atoms with Gasteiger partial charge in [-0.3, -0.25) is 0 Å². The number of anilines is 1. The van der Waals surface area contributed by atoms with Crippen LogP contribution in [0.1, 0.15) is 42.6 Å². The van der Waals surface area contributed by atoms with Crippen molar-refractivity contribution in [1.29, 1.82) is 0 Å². The number of nitrogens with one attached hydrogen (secondary N) is 1. The Bertz CT molecular complexity index is 650. The number of hydrogen-bond acceptors (Lipinski definition) is 4. The minimum Gasteiger partial charge on any atom is -0.439 e. The summed E-state index contributed by atoms with van der Waals surface area (Å²) in [5.41, 5.74) is 2.29. The molecule has 110 valence electrons. The van der Waals surface area contributed by atoms with Gasteiger partial charge in [-0.1, -0.05) is 12.1 Å². The fraction of sp³-hybridized carbons (Fsp3) is 0.412. The monoisotopic (exact) mass is 283 g/mol. The van der Waals surface area contributed by atoms with Gasteiger partial charge < -0.3 is 10.1 Å². The lowest BCUT2D eigenvalue weighted by Gasteiger charge is -2.11. The second-order valence-corrected chi connectivity index (χ2v) is 5.63. The fourth-order valence-electron chi connectivity index (χ4n) is 2.22. The Morgan fingerprint density at radius 2 is 2.00 bits per heavy atom. The molecule has 0 bridgehead atoms. The van der Waals surface area contributed by atoms with Crippen molar-refractivity contribution in [3.05, 3.63) is 41.2 Å². The molecular weight excluding hydrogens is 262 g/mol. The number of aryl methyl sites for hydroxylation is 2. The highest BCUT2D eigenvalue weighted by atomic mass is 16.5. The summed E-state index contributed by atoms with van der Waals surface area (Å²) in [4.78, 5) is 9.13. The molecule has 1 aliphatic carbocycles. The van der Waals surface area contributed by atoms with Gasteiger partial charge in [0.25, 0.3) is 0 Å². The molecule has 4 heteroatoms. The van der Waals surface area contributed by atoms with E-state index in [9.17, 15) is 0 Å². The Kier molecular flexibility index (Phi) is 3.78. The van der Waals surface area contributed by atoms with Crippen LogP contribution in [0.25, 0.3) is 0 Å². The van der Waals surface area contributed by atoms with Gasteiger partial charge >= 0.3 is 0 Å². The average Bonchev–Trinajstić information content (AvgIpc) is 3.28. The number of benzene rings is 1. The van der Waals surface area contributed by atoms with Crippen LogP contribution in [0.15, 0.2) is 24.3 Å². The summed E-state index contributed by atoms with van der Waals surface area (Å²) >= 11 is 0. The van der Waals surface area contributed by atoms with Gasteiger partial charge in [-0.15, -0.1) is 0 Å². The summed E-state index contributed by atoms with van der Waals surface area (Å²) in [6, 6.07) is 8.07. The smallest absolute Gasteiger partial charge is 0.224 e. The van der Waals surface area contributed by atoms with E-state index in [2.05, 4.69) is 41.3 Å². The molecule has 1 heterocycles. The van der Waals surface area contributed by atoms with Crippen LogP contribution in [0.3, 0.4) is 0 Å². The van der Waals surface area contributed by atoms with Crippen LogP contribution in [-0.4, -0.2) is 16.5 Å². The quantitative estimate of drug-likeness (QED) is 0.893. The van der Waals surface area contributed by atoms with Gasteiger partial charge in [0.1, 0.15) is 17.4 Å². The van der Waals surface area contributed by atoms with Gasteiger partial charge in [0.2, 0.25) is 5.88 Å². The Labute approximate surface area is 125 Å². The van der Waals surface area contributed by atoms with E-state index >= 15 is 0 Å². The zero-order valence-corrected chi connectivity index (χ0v) is 12.8. The fourth-order valence-corrected chi connectivity index (χ4v) is 2.22. The Balaban J connectivity index is 1.91. The molecule has 1 aromatic heterocycles. The lowest BCUT2D eigenvalue weighted by Crippen LogP contribution is -2.04. The van der Waals surface area contributed by atoms with Crippen molar-refractivity contribution in [2.45, 2.75) is 39.5 Å². The molecule has 1 saturated carbocycles. The van der Waals surface area contributed by atoms with E-state index in [-0.39, 0.29) is 0 Å². The van der Waals surface area contributed by atoms with Crippen LogP contribution in [0, 0.1) is 13.8 Å². The third-order valence-electron chi connectivity index (χ3n) is 3.58. The molecule has 3 rings (SSSR count). The summed E-state index contributed by atoms with van der Waals surface area (Å²) in [5.74, 6) is 3.72. The SMILES string of the molecule is CCNc1cc(Oc2cc(C)ccc2C)nc(C2CC2)n1. The predicted octanol–water partition coefficient (Wildman–Crippen LogP) is 4.19. The molecule has 0 spiro atoms. The van der Waals surface area contributed by atoms with E-state index in [1.54, 1.807) is 0 Å². The predicted molar refractivity (Wildman–Crippen MR) is 84.2 cm³/mol. The first-order valence-electron chi connectivity index (χ1n) is 7.53. The van der Waals surface area contributed by atoms with E-state index in [1.165, 1.54) is 18.4 Å². The number of rotatable bonds is 5. The molecule has 1 fully saturated rings. The van der Waals surface area contributed by atoms with Gasteiger partial charge in [0, 0.05) is 18.5 Å². The highest BCUT2D eigenvalue weighted by molar-refractivity contribution is 5.43.